The van der Waals surface area contributed by atoms with Crippen LogP contribution < -0.4 is 10.1 Å². The summed E-state index contributed by atoms with van der Waals surface area (Å²) in [5.74, 6) is -0.618. The van der Waals surface area contributed by atoms with Crippen molar-refractivity contribution in [3.05, 3.63) is 92.7 Å². The lowest BCUT2D eigenvalue weighted by Crippen LogP contribution is -2.13. The SMILES string of the molecule is N#C/C(=C/c1cc(Cl)c(OCc2ccccc2F)c(Br)c1)C(=O)Nc1ccc(O)cc1. The van der Waals surface area contributed by atoms with E-state index in [0.29, 0.717) is 27.0 Å². The van der Waals surface area contributed by atoms with Crippen LogP contribution in [0.1, 0.15) is 11.1 Å². The second kappa shape index (κ2) is 10.1. The number of hydrogen-bond donors (Lipinski definition) is 2. The largest absolute Gasteiger partial charge is 0.508 e. The number of ether oxygens (including phenoxy) is 1. The van der Waals surface area contributed by atoms with E-state index in [2.05, 4.69) is 21.2 Å². The number of nitrogens with one attached hydrogen (secondary N) is 1. The van der Waals surface area contributed by atoms with E-state index >= 15 is 0 Å². The maximum atomic E-state index is 13.8. The van der Waals surface area contributed by atoms with Gasteiger partial charge in [0.2, 0.25) is 0 Å². The third kappa shape index (κ3) is 5.85. The van der Waals surface area contributed by atoms with Gasteiger partial charge in [-0.1, -0.05) is 29.8 Å². The Morgan fingerprint density at radius 3 is 2.58 bits per heavy atom. The van der Waals surface area contributed by atoms with Gasteiger partial charge in [0.25, 0.3) is 5.91 Å². The van der Waals surface area contributed by atoms with Gasteiger partial charge < -0.3 is 15.2 Å². The highest BCUT2D eigenvalue weighted by atomic mass is 79.9. The Labute approximate surface area is 191 Å². The second-order valence-corrected chi connectivity index (χ2v) is 7.63. The minimum Gasteiger partial charge on any atom is -0.508 e. The number of phenolic OH excluding ortho intramolecular Hbond substituents is 1. The number of amides is 1. The molecule has 0 saturated carbocycles. The van der Waals surface area contributed by atoms with E-state index in [9.17, 15) is 19.6 Å². The van der Waals surface area contributed by atoms with Crippen molar-refractivity contribution in [1.82, 2.24) is 0 Å². The summed E-state index contributed by atoms with van der Waals surface area (Å²) in [6.45, 7) is -0.0152. The molecule has 0 aliphatic heterocycles. The topological polar surface area (TPSA) is 82.3 Å². The number of nitriles is 1. The van der Waals surface area contributed by atoms with Crippen LogP contribution in [0.2, 0.25) is 5.02 Å². The number of anilines is 1. The number of nitrogens with zero attached hydrogens (tertiary/aromatic N) is 1. The highest BCUT2D eigenvalue weighted by Crippen LogP contribution is 2.36. The number of aromatic hydroxyl groups is 1. The lowest BCUT2D eigenvalue weighted by Gasteiger charge is -2.12. The van der Waals surface area contributed by atoms with E-state index in [1.165, 1.54) is 42.5 Å². The Bertz CT molecular complexity index is 1170. The molecule has 8 heteroatoms. The Morgan fingerprint density at radius 1 is 1.23 bits per heavy atom. The molecule has 5 nitrogen and oxygen atoms in total. The van der Waals surface area contributed by atoms with E-state index in [1.807, 2.05) is 6.07 Å². The van der Waals surface area contributed by atoms with Crippen LogP contribution in [0.25, 0.3) is 6.08 Å². The van der Waals surface area contributed by atoms with Crippen LogP contribution in [-0.4, -0.2) is 11.0 Å². The van der Waals surface area contributed by atoms with E-state index in [4.69, 9.17) is 16.3 Å². The minimum atomic E-state index is -0.611. The molecule has 0 aliphatic carbocycles. The lowest BCUT2D eigenvalue weighted by atomic mass is 10.1. The minimum absolute atomic E-state index is 0.0152. The normalized spacial score (nSPS) is 11.0. The van der Waals surface area contributed by atoms with Gasteiger partial charge in [0, 0.05) is 11.3 Å². The molecule has 0 spiro atoms. The van der Waals surface area contributed by atoms with Gasteiger partial charge >= 0.3 is 0 Å². The number of hydrogen-bond acceptors (Lipinski definition) is 4. The molecule has 3 aromatic carbocycles. The molecule has 156 valence electrons. The molecular formula is C23H15BrClFN2O3. The Hall–Kier alpha value is -3.34. The molecule has 31 heavy (non-hydrogen) atoms. The van der Waals surface area contributed by atoms with Crippen LogP contribution in [0, 0.1) is 17.1 Å². The summed E-state index contributed by atoms with van der Waals surface area (Å²) in [7, 11) is 0. The van der Waals surface area contributed by atoms with E-state index in [-0.39, 0.29) is 28.8 Å². The Balaban J connectivity index is 1.77. The summed E-state index contributed by atoms with van der Waals surface area (Å²) < 4.78 is 19.9. The molecule has 0 bridgehead atoms. The predicted octanol–water partition coefficient (Wildman–Crippen LogP) is 6.07. The number of phenols is 1. The van der Waals surface area contributed by atoms with Crippen molar-refractivity contribution in [2.75, 3.05) is 5.32 Å². The number of carbonyl (C=O) groups is 1. The van der Waals surface area contributed by atoms with Crippen LogP contribution in [0.15, 0.2) is 70.7 Å². The zero-order valence-corrected chi connectivity index (χ0v) is 18.2. The standard InChI is InChI=1S/C23H15BrClFN2O3/c24-19-10-14(9-16(12-27)23(30)28-17-5-7-18(29)8-6-17)11-20(25)22(19)31-13-15-3-1-2-4-21(15)26/h1-11,29H,13H2,(H,28,30)/b16-9-. The summed E-state index contributed by atoms with van der Waals surface area (Å²) in [5, 5.41) is 21.5. The van der Waals surface area contributed by atoms with Crippen LogP contribution >= 0.6 is 27.5 Å². The first kappa shape index (κ1) is 22.3. The second-order valence-electron chi connectivity index (χ2n) is 6.36. The third-order valence-electron chi connectivity index (χ3n) is 4.15. The Kier molecular flexibility index (Phi) is 7.29. The van der Waals surface area contributed by atoms with Gasteiger partial charge in [0.1, 0.15) is 29.8 Å². The van der Waals surface area contributed by atoms with Crippen molar-refractivity contribution in [2.24, 2.45) is 0 Å². The van der Waals surface area contributed by atoms with Crippen molar-refractivity contribution >= 4 is 45.2 Å². The average molecular weight is 502 g/mol. The first-order valence-electron chi connectivity index (χ1n) is 8.95. The molecule has 0 radical (unpaired) electrons. The number of benzene rings is 3. The van der Waals surface area contributed by atoms with Crippen LogP contribution in [0.4, 0.5) is 10.1 Å². The van der Waals surface area contributed by atoms with Crippen LogP contribution in [0.5, 0.6) is 11.5 Å². The fourth-order valence-electron chi connectivity index (χ4n) is 2.62. The Morgan fingerprint density at radius 2 is 1.94 bits per heavy atom. The highest BCUT2D eigenvalue weighted by Gasteiger charge is 2.13. The highest BCUT2D eigenvalue weighted by molar-refractivity contribution is 9.10. The van der Waals surface area contributed by atoms with Crippen LogP contribution in [-0.2, 0) is 11.4 Å². The number of rotatable bonds is 6. The summed E-state index contributed by atoms with van der Waals surface area (Å²) >= 11 is 9.67. The van der Waals surface area contributed by atoms with Gasteiger partial charge in [0.05, 0.1) is 9.50 Å². The van der Waals surface area contributed by atoms with E-state index < -0.39 is 5.91 Å². The number of halogens is 3. The molecule has 1 amide bonds. The van der Waals surface area contributed by atoms with Crippen molar-refractivity contribution in [1.29, 1.82) is 5.26 Å². The van der Waals surface area contributed by atoms with Gasteiger partial charge in [-0.15, -0.1) is 0 Å². The summed E-state index contributed by atoms with van der Waals surface area (Å²) in [6, 6.07) is 17.1. The molecule has 0 fully saturated rings. The smallest absolute Gasteiger partial charge is 0.266 e. The molecule has 0 aliphatic rings. The van der Waals surface area contributed by atoms with Crippen molar-refractivity contribution in [3.63, 3.8) is 0 Å². The van der Waals surface area contributed by atoms with Crippen molar-refractivity contribution in [3.8, 4) is 17.6 Å². The van der Waals surface area contributed by atoms with Gasteiger partial charge in [-0.2, -0.15) is 5.26 Å². The van der Waals surface area contributed by atoms with Crippen LogP contribution in [0.3, 0.4) is 0 Å². The molecule has 2 N–H and O–H groups in total. The maximum Gasteiger partial charge on any atom is 0.266 e. The van der Waals surface area contributed by atoms with E-state index in [1.54, 1.807) is 24.3 Å². The third-order valence-corrected chi connectivity index (χ3v) is 5.02. The molecule has 0 saturated heterocycles. The number of carbonyl (C=O) groups excluding carboxylic acids is 1. The van der Waals surface area contributed by atoms with Crippen molar-refractivity contribution < 1.29 is 19.0 Å². The fourth-order valence-corrected chi connectivity index (χ4v) is 3.61. The summed E-state index contributed by atoms with van der Waals surface area (Å²) in [6.07, 6.45) is 1.38. The average Bonchev–Trinajstić information content (AvgIpc) is 2.74. The lowest BCUT2D eigenvalue weighted by molar-refractivity contribution is -0.112. The predicted molar refractivity (Wildman–Crippen MR) is 120 cm³/mol. The first-order valence-corrected chi connectivity index (χ1v) is 10.1. The van der Waals surface area contributed by atoms with Gasteiger partial charge in [-0.25, -0.2) is 4.39 Å². The molecule has 0 unspecified atom stereocenters. The van der Waals surface area contributed by atoms with Gasteiger partial charge in [0.15, 0.2) is 5.75 Å². The molecular weight excluding hydrogens is 487 g/mol. The fraction of sp³-hybridized carbons (Fsp3) is 0.0435. The first-order chi connectivity index (χ1) is 14.9. The zero-order chi connectivity index (χ0) is 22.4. The van der Waals surface area contributed by atoms with Gasteiger partial charge in [-0.05, 0) is 70.0 Å². The van der Waals surface area contributed by atoms with Crippen molar-refractivity contribution in [2.45, 2.75) is 6.61 Å². The monoisotopic (exact) mass is 500 g/mol. The zero-order valence-electron chi connectivity index (χ0n) is 15.9. The molecule has 3 aromatic rings. The summed E-state index contributed by atoms with van der Waals surface area (Å²) in [4.78, 5) is 12.4. The van der Waals surface area contributed by atoms with E-state index in [0.717, 1.165) is 0 Å². The van der Waals surface area contributed by atoms with Gasteiger partial charge in [-0.3, -0.25) is 4.79 Å². The molecule has 0 heterocycles. The molecule has 0 aromatic heterocycles. The quantitative estimate of drug-likeness (QED) is 0.244. The summed E-state index contributed by atoms with van der Waals surface area (Å²) in [5.41, 5.74) is 1.16. The maximum absolute atomic E-state index is 13.8. The molecule has 0 atom stereocenters. The molecule has 3 rings (SSSR count).